The molecule has 1 aliphatic carbocycles. The van der Waals surface area contributed by atoms with E-state index in [0.29, 0.717) is 6.03 Å². The molecule has 0 radical (unpaired) electrons. The van der Waals surface area contributed by atoms with Crippen LogP contribution in [-0.2, 0) is 12.8 Å². The quantitative estimate of drug-likeness (QED) is 0.526. The molecule has 1 aromatic heterocycles. The van der Waals surface area contributed by atoms with E-state index in [1.165, 1.54) is 4.85 Å². The molecular formula is C11H18N5O+. The number of aromatic nitrogens is 3. The third-order valence-corrected chi connectivity index (χ3v) is 2.53. The van der Waals surface area contributed by atoms with Gasteiger partial charge in [0.05, 0.1) is 5.69 Å². The van der Waals surface area contributed by atoms with Gasteiger partial charge in [0.2, 0.25) is 0 Å². The number of hydrogen-bond donors (Lipinski definition) is 0. The Morgan fingerprint density at radius 2 is 1.82 bits per heavy atom. The smallest absolute Gasteiger partial charge is 0.279 e. The minimum absolute atomic E-state index is 0.715. The molecule has 0 saturated carbocycles. The molecule has 0 unspecified atom stereocenters. The van der Waals surface area contributed by atoms with Crippen LogP contribution in [-0.4, -0.2) is 59.2 Å². The summed E-state index contributed by atoms with van der Waals surface area (Å²) in [6.07, 6.45) is 5.86. The van der Waals surface area contributed by atoms with Crippen molar-refractivity contribution >= 4 is 6.03 Å². The van der Waals surface area contributed by atoms with E-state index in [4.69, 9.17) is 4.53 Å². The van der Waals surface area contributed by atoms with Crippen molar-refractivity contribution in [3.8, 4) is 0 Å². The maximum atomic E-state index is 5.75. The van der Waals surface area contributed by atoms with Crippen LogP contribution in [0.1, 0.15) is 11.4 Å². The molecule has 0 bridgehead atoms. The van der Waals surface area contributed by atoms with Gasteiger partial charge in [-0.3, -0.25) is 9.80 Å². The lowest BCUT2D eigenvalue weighted by atomic mass is 10.1. The molecule has 0 aliphatic heterocycles. The van der Waals surface area contributed by atoms with E-state index in [1.54, 1.807) is 0 Å². The minimum atomic E-state index is 0.715. The maximum Gasteiger partial charge on any atom is 0.554 e. The van der Waals surface area contributed by atoms with Gasteiger partial charge in [-0.1, -0.05) is 12.2 Å². The van der Waals surface area contributed by atoms with Crippen LogP contribution >= 0.6 is 0 Å². The second-order valence-corrected chi connectivity index (χ2v) is 4.40. The fraction of sp³-hybridized carbons (Fsp3) is 0.545. The topological polar surface area (TPSA) is 48.5 Å². The van der Waals surface area contributed by atoms with E-state index < -0.39 is 0 Å². The third-order valence-electron chi connectivity index (χ3n) is 2.53. The molecule has 1 heterocycles. The molecule has 0 fully saturated rings. The number of carbonyl (C=O) groups excluding carboxylic acids is 1. The Morgan fingerprint density at radius 3 is 2.47 bits per heavy atom. The summed E-state index contributed by atoms with van der Waals surface area (Å²) < 4.78 is 5.75. The summed E-state index contributed by atoms with van der Waals surface area (Å²) in [5.41, 5.74) is 2.01. The van der Waals surface area contributed by atoms with Gasteiger partial charge in [-0.05, 0) is 4.53 Å². The molecule has 6 nitrogen and oxygen atoms in total. The number of hydrogen-bond acceptors (Lipinski definition) is 2. The van der Waals surface area contributed by atoms with E-state index in [0.717, 1.165) is 24.2 Å². The number of fused-ring (bicyclic) bond motifs is 1. The maximum absolute atomic E-state index is 5.75. The van der Waals surface area contributed by atoms with Crippen molar-refractivity contribution in [3.63, 3.8) is 0 Å². The summed E-state index contributed by atoms with van der Waals surface area (Å²) in [4.78, 5) is 5.30. The molecule has 1 aliphatic rings. The summed E-state index contributed by atoms with van der Waals surface area (Å²) in [6.45, 7) is 0. The van der Waals surface area contributed by atoms with Gasteiger partial charge in [0.15, 0.2) is 5.69 Å². The summed E-state index contributed by atoms with van der Waals surface area (Å²) in [6, 6.07) is 0.715. The van der Waals surface area contributed by atoms with Gasteiger partial charge in [-0.15, -0.1) is 5.10 Å². The van der Waals surface area contributed by atoms with E-state index in [2.05, 4.69) is 22.5 Å². The first kappa shape index (κ1) is 11.6. The van der Waals surface area contributed by atoms with Crippen LogP contribution in [0.3, 0.4) is 0 Å². The van der Waals surface area contributed by atoms with Gasteiger partial charge in [0.1, 0.15) is 4.85 Å². The molecular weight excluding hydrogens is 218 g/mol. The lowest BCUT2D eigenvalue weighted by Crippen LogP contribution is -2.35. The molecule has 6 heteroatoms. The minimum Gasteiger partial charge on any atom is -0.279 e. The number of urea groups is 1. The Balaban J connectivity index is 2.35. The second kappa shape index (κ2) is 4.57. The van der Waals surface area contributed by atoms with Crippen LogP contribution in [0.2, 0.25) is 0 Å². The number of allylic oxidation sites excluding steroid dienone is 2. The van der Waals surface area contributed by atoms with E-state index in [1.807, 2.05) is 38.0 Å². The average Bonchev–Trinajstić information content (AvgIpc) is 2.68. The molecule has 0 aromatic carbocycles. The number of nitrogens with zero attached hydrogens (tertiary/aromatic N) is 5. The van der Waals surface area contributed by atoms with E-state index in [-0.39, 0.29) is 0 Å². The van der Waals surface area contributed by atoms with Crippen LogP contribution in [0.25, 0.3) is 0 Å². The predicted molar refractivity (Wildman–Crippen MR) is 64.7 cm³/mol. The van der Waals surface area contributed by atoms with Crippen LogP contribution in [0, 0.1) is 0 Å². The largest absolute Gasteiger partial charge is 0.554 e. The first-order valence-corrected chi connectivity index (χ1v) is 5.58. The molecule has 0 N–H and O–H groups in total. The zero-order chi connectivity index (χ0) is 12.4. The molecule has 2 rings (SSSR count). The molecule has 0 atom stereocenters. The lowest BCUT2D eigenvalue weighted by molar-refractivity contribution is -0.253. The Hall–Kier alpha value is -1.85. The van der Waals surface area contributed by atoms with Crippen LogP contribution < -0.4 is 0 Å². The van der Waals surface area contributed by atoms with E-state index in [9.17, 15) is 0 Å². The van der Waals surface area contributed by atoms with Crippen molar-refractivity contribution in [2.45, 2.75) is 12.8 Å². The van der Waals surface area contributed by atoms with Crippen molar-refractivity contribution in [2.24, 2.45) is 0 Å². The first-order chi connectivity index (χ1) is 8.09. The molecule has 0 saturated heterocycles. The first-order valence-electron chi connectivity index (χ1n) is 5.58. The zero-order valence-electron chi connectivity index (χ0n) is 10.7. The van der Waals surface area contributed by atoms with Gasteiger partial charge in [0.25, 0.3) is 0 Å². The summed E-state index contributed by atoms with van der Waals surface area (Å²) >= 11 is 0. The Kier molecular flexibility index (Phi) is 3.12. The highest BCUT2D eigenvalue weighted by Gasteiger charge is 2.25. The highest BCUT2D eigenvalue weighted by Crippen LogP contribution is 2.15. The summed E-state index contributed by atoms with van der Waals surface area (Å²) in [5.74, 6) is 0. The standard InChI is InChI=1S/C11H18N5O/c1-14(2)11(15(3)4)17-16-10-8-6-5-7-9(10)12-13-16/h5-6H,7-8H2,1-4H3/q+1. The van der Waals surface area contributed by atoms with Crippen molar-refractivity contribution in [3.05, 3.63) is 23.5 Å². The van der Waals surface area contributed by atoms with Gasteiger partial charge >= 0.3 is 6.03 Å². The molecule has 17 heavy (non-hydrogen) atoms. The highest BCUT2D eigenvalue weighted by atomic mass is 16.6. The highest BCUT2D eigenvalue weighted by molar-refractivity contribution is 5.73. The van der Waals surface area contributed by atoms with Gasteiger partial charge in [-0.25, -0.2) is 0 Å². The SMILES string of the molecule is CN(C)C(=[O+]n1nnc2c1CC=CC2)N(C)C. The van der Waals surface area contributed by atoms with Crippen LogP contribution in [0.5, 0.6) is 0 Å². The zero-order valence-corrected chi connectivity index (χ0v) is 10.7. The van der Waals surface area contributed by atoms with Crippen LogP contribution in [0.15, 0.2) is 12.2 Å². The normalized spacial score (nSPS) is 13.2. The van der Waals surface area contributed by atoms with Crippen molar-refractivity contribution in [2.75, 3.05) is 28.2 Å². The Morgan fingerprint density at radius 1 is 1.18 bits per heavy atom. The average molecular weight is 236 g/mol. The molecule has 0 spiro atoms. The summed E-state index contributed by atoms with van der Waals surface area (Å²) in [5, 5.41) is 8.15. The summed E-state index contributed by atoms with van der Waals surface area (Å²) in [7, 11) is 7.72. The predicted octanol–water partition coefficient (Wildman–Crippen LogP) is 0.475. The third kappa shape index (κ3) is 2.30. The van der Waals surface area contributed by atoms with Gasteiger partial charge in [-0.2, -0.15) is 0 Å². The van der Waals surface area contributed by atoms with Gasteiger partial charge in [0, 0.05) is 46.2 Å². The monoisotopic (exact) mass is 236 g/mol. The second-order valence-electron chi connectivity index (χ2n) is 4.40. The molecule has 2 amide bonds. The lowest BCUT2D eigenvalue weighted by Gasteiger charge is -2.10. The number of amides is 2. The van der Waals surface area contributed by atoms with Crippen LogP contribution in [0.4, 0.5) is 4.53 Å². The van der Waals surface area contributed by atoms with Crippen molar-refractivity contribution in [1.82, 2.24) is 25.0 Å². The van der Waals surface area contributed by atoms with Gasteiger partial charge < -0.3 is 0 Å². The Bertz CT molecular complexity index is 448. The van der Waals surface area contributed by atoms with Crippen molar-refractivity contribution in [1.29, 1.82) is 0 Å². The molecule has 1 aromatic rings. The fourth-order valence-corrected chi connectivity index (χ4v) is 1.78. The fourth-order valence-electron chi connectivity index (χ4n) is 1.78. The number of rotatable bonds is 1. The molecule has 92 valence electrons. The Labute approximate surface area is 101 Å². The van der Waals surface area contributed by atoms with Crippen molar-refractivity contribution < 1.29 is 4.53 Å². The van der Waals surface area contributed by atoms with E-state index >= 15 is 0 Å².